The first kappa shape index (κ1) is 15.9. The summed E-state index contributed by atoms with van der Waals surface area (Å²) in [4.78, 5) is 28.5. The quantitative estimate of drug-likeness (QED) is 0.708. The number of anilines is 1. The Morgan fingerprint density at radius 2 is 1.85 bits per heavy atom. The molecule has 26 heavy (non-hydrogen) atoms. The van der Waals surface area contributed by atoms with Gasteiger partial charge in [0.25, 0.3) is 0 Å². The Hall–Kier alpha value is -3.61. The fourth-order valence-corrected chi connectivity index (χ4v) is 2.70. The Balaban J connectivity index is 1.41. The molecule has 0 saturated carbocycles. The van der Waals surface area contributed by atoms with Crippen LogP contribution < -0.4 is 20.1 Å². The van der Waals surface area contributed by atoms with E-state index in [0.29, 0.717) is 22.7 Å². The molecule has 7 heteroatoms. The molecule has 7 nitrogen and oxygen atoms in total. The smallest absolute Gasteiger partial charge is 0.313 e. The van der Waals surface area contributed by atoms with E-state index in [4.69, 9.17) is 9.47 Å². The number of fused-ring (bicyclic) bond motifs is 2. The van der Waals surface area contributed by atoms with Gasteiger partial charge in [-0.1, -0.05) is 24.3 Å². The number of amides is 2. The summed E-state index contributed by atoms with van der Waals surface area (Å²) in [6.45, 7) is 0.392. The van der Waals surface area contributed by atoms with Gasteiger partial charge in [0.15, 0.2) is 11.5 Å². The molecule has 0 atom stereocenters. The summed E-state index contributed by atoms with van der Waals surface area (Å²) in [6.07, 6.45) is 1.64. The van der Waals surface area contributed by atoms with E-state index >= 15 is 0 Å². The summed E-state index contributed by atoms with van der Waals surface area (Å²) in [5.41, 5.74) is 1.93. The van der Waals surface area contributed by atoms with Crippen LogP contribution in [0.5, 0.6) is 11.5 Å². The predicted molar refractivity (Wildman–Crippen MR) is 94.8 cm³/mol. The van der Waals surface area contributed by atoms with Crippen molar-refractivity contribution in [3.8, 4) is 11.5 Å². The summed E-state index contributed by atoms with van der Waals surface area (Å²) < 4.78 is 10.5. The molecule has 0 fully saturated rings. The molecule has 3 aromatic rings. The number of rotatable bonds is 3. The number of nitrogens with one attached hydrogen (secondary N) is 2. The number of carbonyl (C=O) groups excluding carboxylic acids is 2. The molecule has 1 aliphatic heterocycles. The van der Waals surface area contributed by atoms with Crippen molar-refractivity contribution in [1.82, 2.24) is 10.3 Å². The van der Waals surface area contributed by atoms with Crippen LogP contribution in [0.4, 0.5) is 5.69 Å². The van der Waals surface area contributed by atoms with E-state index in [-0.39, 0.29) is 13.3 Å². The molecule has 1 aliphatic rings. The third-order valence-corrected chi connectivity index (χ3v) is 3.98. The maximum Gasteiger partial charge on any atom is 0.313 e. The second-order valence-electron chi connectivity index (χ2n) is 5.71. The van der Waals surface area contributed by atoms with Gasteiger partial charge in [0.1, 0.15) is 0 Å². The third-order valence-electron chi connectivity index (χ3n) is 3.98. The van der Waals surface area contributed by atoms with Crippen LogP contribution in [-0.2, 0) is 16.1 Å². The number of ether oxygens (including phenoxy) is 2. The molecule has 0 bridgehead atoms. The SMILES string of the molecule is O=C(NCc1ccc2c(c1)OCO2)C(=O)Nc1cccc2cccnc12. The van der Waals surface area contributed by atoms with Crippen molar-refractivity contribution in [3.05, 3.63) is 60.3 Å². The first-order chi connectivity index (χ1) is 12.7. The first-order valence-electron chi connectivity index (χ1n) is 8.02. The molecule has 0 saturated heterocycles. The van der Waals surface area contributed by atoms with Crippen LogP contribution >= 0.6 is 0 Å². The molecule has 2 heterocycles. The first-order valence-corrected chi connectivity index (χ1v) is 8.02. The molecule has 0 aliphatic carbocycles. The van der Waals surface area contributed by atoms with Gasteiger partial charge in [0.05, 0.1) is 11.2 Å². The molecular weight excluding hydrogens is 334 g/mol. The van der Waals surface area contributed by atoms with Crippen molar-refractivity contribution in [2.24, 2.45) is 0 Å². The minimum absolute atomic E-state index is 0.187. The summed E-state index contributed by atoms with van der Waals surface area (Å²) >= 11 is 0. The standard InChI is InChI=1S/C19H15N3O4/c23-18(21-10-12-6-7-15-16(9-12)26-11-25-15)19(24)22-14-5-1-3-13-4-2-8-20-17(13)14/h1-9H,10-11H2,(H,21,23)(H,22,24). The number of pyridine rings is 1. The van der Waals surface area contributed by atoms with E-state index < -0.39 is 11.8 Å². The molecule has 2 amide bonds. The highest BCUT2D eigenvalue weighted by atomic mass is 16.7. The van der Waals surface area contributed by atoms with Crippen LogP contribution in [0.15, 0.2) is 54.7 Å². The van der Waals surface area contributed by atoms with E-state index in [2.05, 4.69) is 15.6 Å². The normalized spacial score (nSPS) is 12.0. The summed E-state index contributed by atoms with van der Waals surface area (Å²) in [6, 6.07) is 14.4. The minimum Gasteiger partial charge on any atom is -0.454 e. The molecule has 0 radical (unpaired) electrons. The van der Waals surface area contributed by atoms with Gasteiger partial charge < -0.3 is 20.1 Å². The van der Waals surface area contributed by atoms with E-state index in [9.17, 15) is 9.59 Å². The number of aromatic nitrogens is 1. The van der Waals surface area contributed by atoms with Crippen molar-refractivity contribution in [2.75, 3.05) is 12.1 Å². The zero-order valence-electron chi connectivity index (χ0n) is 13.7. The van der Waals surface area contributed by atoms with Crippen molar-refractivity contribution >= 4 is 28.4 Å². The average Bonchev–Trinajstić information content (AvgIpc) is 3.14. The lowest BCUT2D eigenvalue weighted by atomic mass is 10.2. The fraction of sp³-hybridized carbons (Fsp3) is 0.105. The molecule has 0 spiro atoms. The van der Waals surface area contributed by atoms with Crippen LogP contribution in [0, 0.1) is 0 Å². The highest BCUT2D eigenvalue weighted by Gasteiger charge is 2.17. The molecule has 130 valence electrons. The highest BCUT2D eigenvalue weighted by molar-refractivity contribution is 6.40. The average molecular weight is 349 g/mol. The van der Waals surface area contributed by atoms with E-state index in [0.717, 1.165) is 10.9 Å². The van der Waals surface area contributed by atoms with Gasteiger partial charge >= 0.3 is 11.8 Å². The molecule has 2 N–H and O–H groups in total. The zero-order valence-corrected chi connectivity index (χ0v) is 13.7. The summed E-state index contributed by atoms with van der Waals surface area (Å²) in [7, 11) is 0. The van der Waals surface area contributed by atoms with Crippen LogP contribution in [0.25, 0.3) is 10.9 Å². The fourth-order valence-electron chi connectivity index (χ4n) is 2.70. The molecule has 1 aromatic heterocycles. The third kappa shape index (κ3) is 3.14. The predicted octanol–water partition coefficient (Wildman–Crippen LogP) is 2.22. The van der Waals surface area contributed by atoms with E-state index in [1.165, 1.54) is 0 Å². The lowest BCUT2D eigenvalue weighted by Gasteiger charge is -2.09. The van der Waals surface area contributed by atoms with Gasteiger partial charge in [-0.3, -0.25) is 14.6 Å². The Kier molecular flexibility index (Phi) is 4.10. The number of hydrogen-bond donors (Lipinski definition) is 2. The monoisotopic (exact) mass is 349 g/mol. The largest absolute Gasteiger partial charge is 0.454 e. The minimum atomic E-state index is -0.746. The van der Waals surface area contributed by atoms with Crippen LogP contribution in [-0.4, -0.2) is 23.6 Å². The van der Waals surface area contributed by atoms with Crippen LogP contribution in [0.3, 0.4) is 0 Å². The molecular formula is C19H15N3O4. The Labute approximate surface area is 148 Å². The Bertz CT molecular complexity index is 998. The van der Waals surface area contributed by atoms with E-state index in [1.54, 1.807) is 36.5 Å². The number of nitrogens with zero attached hydrogens (tertiary/aromatic N) is 1. The lowest BCUT2D eigenvalue weighted by Crippen LogP contribution is -2.35. The zero-order chi connectivity index (χ0) is 17.9. The molecule has 4 rings (SSSR count). The van der Waals surface area contributed by atoms with Gasteiger partial charge in [0.2, 0.25) is 6.79 Å². The lowest BCUT2D eigenvalue weighted by molar-refractivity contribution is -0.136. The number of hydrogen-bond acceptors (Lipinski definition) is 5. The Morgan fingerprint density at radius 3 is 2.77 bits per heavy atom. The molecule has 2 aromatic carbocycles. The van der Waals surface area contributed by atoms with Gasteiger partial charge in [-0.15, -0.1) is 0 Å². The van der Waals surface area contributed by atoms with Gasteiger partial charge in [0, 0.05) is 18.1 Å². The second-order valence-corrected chi connectivity index (χ2v) is 5.71. The van der Waals surface area contributed by atoms with Gasteiger partial charge in [-0.2, -0.15) is 0 Å². The highest BCUT2D eigenvalue weighted by Crippen LogP contribution is 2.32. The number of para-hydroxylation sites is 1. The Morgan fingerprint density at radius 1 is 1.00 bits per heavy atom. The van der Waals surface area contributed by atoms with Gasteiger partial charge in [-0.05, 0) is 29.8 Å². The maximum atomic E-state index is 12.2. The second kappa shape index (κ2) is 6.72. The molecule has 0 unspecified atom stereocenters. The number of carbonyl (C=O) groups is 2. The summed E-state index contributed by atoms with van der Waals surface area (Å²) in [5.74, 6) is -0.177. The van der Waals surface area contributed by atoms with Crippen LogP contribution in [0.1, 0.15) is 5.56 Å². The van der Waals surface area contributed by atoms with Crippen LogP contribution in [0.2, 0.25) is 0 Å². The summed E-state index contributed by atoms with van der Waals surface area (Å²) in [5, 5.41) is 6.08. The topological polar surface area (TPSA) is 89.5 Å². The van der Waals surface area contributed by atoms with Crippen molar-refractivity contribution < 1.29 is 19.1 Å². The van der Waals surface area contributed by atoms with Crippen molar-refractivity contribution in [3.63, 3.8) is 0 Å². The number of benzene rings is 2. The van der Waals surface area contributed by atoms with E-state index in [1.807, 2.05) is 18.2 Å². The van der Waals surface area contributed by atoms with Crippen molar-refractivity contribution in [1.29, 1.82) is 0 Å². The maximum absolute atomic E-state index is 12.2. The van der Waals surface area contributed by atoms with Crippen molar-refractivity contribution in [2.45, 2.75) is 6.54 Å². The van der Waals surface area contributed by atoms with Gasteiger partial charge in [-0.25, -0.2) is 0 Å².